The van der Waals surface area contributed by atoms with Crippen molar-refractivity contribution in [3.8, 4) is 0 Å². The van der Waals surface area contributed by atoms with Crippen LogP contribution in [-0.4, -0.2) is 41.4 Å². The van der Waals surface area contributed by atoms with Crippen LogP contribution in [0.25, 0.3) is 0 Å². The molecule has 1 aliphatic heterocycles. The zero-order chi connectivity index (χ0) is 21.5. The Bertz CT molecular complexity index is 950. The molecule has 31 heavy (non-hydrogen) atoms. The van der Waals surface area contributed by atoms with E-state index in [9.17, 15) is 9.59 Å². The molecule has 1 aliphatic rings. The number of anilines is 1. The number of rotatable bonds is 7. The summed E-state index contributed by atoms with van der Waals surface area (Å²) in [5.41, 5.74) is 0.793. The number of benzene rings is 1. The van der Waals surface area contributed by atoms with Crippen LogP contribution in [-0.2, 0) is 17.8 Å². The van der Waals surface area contributed by atoms with Crippen molar-refractivity contribution in [1.29, 1.82) is 0 Å². The van der Waals surface area contributed by atoms with Gasteiger partial charge in [0.2, 0.25) is 5.91 Å². The van der Waals surface area contributed by atoms with Crippen LogP contribution in [0.3, 0.4) is 0 Å². The first-order chi connectivity index (χ1) is 15.2. The Balaban J connectivity index is 1.33. The third-order valence-corrected chi connectivity index (χ3v) is 7.40. The minimum absolute atomic E-state index is 0.0240. The van der Waals surface area contributed by atoms with Crippen molar-refractivity contribution in [1.82, 2.24) is 9.80 Å². The van der Waals surface area contributed by atoms with Gasteiger partial charge in [0.25, 0.3) is 0 Å². The largest absolute Gasteiger partial charge is 0.337 e. The molecule has 0 aliphatic carbocycles. The molecule has 1 N–H and O–H groups in total. The highest BCUT2D eigenvalue weighted by Crippen LogP contribution is 2.23. The number of urea groups is 1. The Kier molecular flexibility index (Phi) is 7.38. The van der Waals surface area contributed by atoms with E-state index in [0.29, 0.717) is 32.5 Å². The number of nitrogens with zero attached hydrogens (tertiary/aromatic N) is 2. The van der Waals surface area contributed by atoms with E-state index in [1.165, 1.54) is 9.75 Å². The van der Waals surface area contributed by atoms with Gasteiger partial charge in [-0.1, -0.05) is 30.3 Å². The summed E-state index contributed by atoms with van der Waals surface area (Å²) in [6, 6.07) is 17.7. The van der Waals surface area contributed by atoms with Gasteiger partial charge in [0.15, 0.2) is 0 Å². The Morgan fingerprint density at radius 2 is 1.61 bits per heavy atom. The van der Waals surface area contributed by atoms with Gasteiger partial charge in [0.05, 0.1) is 6.54 Å². The molecule has 162 valence electrons. The molecule has 7 heteroatoms. The molecule has 4 rings (SSSR count). The summed E-state index contributed by atoms with van der Waals surface area (Å²) in [6.45, 7) is 2.60. The normalized spacial score (nSPS) is 14.4. The van der Waals surface area contributed by atoms with E-state index in [4.69, 9.17) is 0 Å². The number of thiophene rings is 2. The molecule has 1 saturated heterocycles. The molecule has 0 unspecified atom stereocenters. The van der Waals surface area contributed by atoms with Crippen LogP contribution in [0.1, 0.15) is 22.6 Å². The number of piperidine rings is 1. The van der Waals surface area contributed by atoms with Gasteiger partial charge in [-0.05, 0) is 54.3 Å². The quantitative estimate of drug-likeness (QED) is 0.526. The Hall–Kier alpha value is -2.64. The maximum absolute atomic E-state index is 13.4. The fourth-order valence-electron chi connectivity index (χ4n) is 3.87. The van der Waals surface area contributed by atoms with Crippen molar-refractivity contribution < 1.29 is 9.59 Å². The van der Waals surface area contributed by atoms with Crippen molar-refractivity contribution >= 4 is 40.3 Å². The number of carbonyl (C=O) groups excluding carboxylic acids is 2. The predicted molar refractivity (Wildman–Crippen MR) is 128 cm³/mol. The molecule has 3 aromatic rings. The van der Waals surface area contributed by atoms with Crippen LogP contribution >= 0.6 is 22.7 Å². The van der Waals surface area contributed by atoms with Gasteiger partial charge in [-0.3, -0.25) is 4.79 Å². The van der Waals surface area contributed by atoms with Crippen LogP contribution in [0.2, 0.25) is 0 Å². The molecule has 5 nitrogen and oxygen atoms in total. The molecule has 1 aromatic carbocycles. The van der Waals surface area contributed by atoms with E-state index in [0.717, 1.165) is 18.7 Å². The van der Waals surface area contributed by atoms with Gasteiger partial charge < -0.3 is 15.1 Å². The third-order valence-electron chi connectivity index (χ3n) is 5.60. The first-order valence-electron chi connectivity index (χ1n) is 10.6. The van der Waals surface area contributed by atoms with E-state index in [-0.39, 0.29) is 17.9 Å². The summed E-state index contributed by atoms with van der Waals surface area (Å²) < 4.78 is 0. The fourth-order valence-corrected chi connectivity index (χ4v) is 5.29. The lowest BCUT2D eigenvalue weighted by Crippen LogP contribution is -2.45. The summed E-state index contributed by atoms with van der Waals surface area (Å²) in [5, 5.41) is 7.08. The molecule has 0 atom stereocenters. The van der Waals surface area contributed by atoms with Gasteiger partial charge in [0, 0.05) is 41.0 Å². The Labute approximate surface area is 191 Å². The van der Waals surface area contributed by atoms with Crippen molar-refractivity contribution in [2.75, 3.05) is 25.0 Å². The molecule has 3 heterocycles. The zero-order valence-electron chi connectivity index (χ0n) is 17.4. The molecule has 0 saturated carbocycles. The van der Waals surface area contributed by atoms with Crippen LogP contribution in [0.15, 0.2) is 65.4 Å². The first-order valence-corrected chi connectivity index (χ1v) is 12.4. The summed E-state index contributed by atoms with van der Waals surface area (Å²) in [4.78, 5) is 32.2. The van der Waals surface area contributed by atoms with Gasteiger partial charge in [-0.25, -0.2) is 4.79 Å². The smallest absolute Gasteiger partial charge is 0.321 e. The Morgan fingerprint density at radius 1 is 0.935 bits per heavy atom. The molecule has 0 spiro atoms. The lowest BCUT2D eigenvalue weighted by Gasteiger charge is -2.34. The third kappa shape index (κ3) is 5.95. The molecule has 3 amide bonds. The second kappa shape index (κ2) is 10.6. The van der Waals surface area contributed by atoms with E-state index < -0.39 is 0 Å². The number of carbonyl (C=O) groups is 2. The summed E-state index contributed by atoms with van der Waals surface area (Å²) >= 11 is 3.43. The average molecular weight is 454 g/mol. The molecular formula is C24H27N3O2S2. The molecular weight excluding hydrogens is 426 g/mol. The number of amides is 3. The minimum Gasteiger partial charge on any atom is -0.337 e. The zero-order valence-corrected chi connectivity index (χ0v) is 19.0. The van der Waals surface area contributed by atoms with E-state index in [2.05, 4.69) is 34.3 Å². The Morgan fingerprint density at radius 3 is 2.26 bits per heavy atom. The number of likely N-dealkylation sites (tertiary alicyclic amines) is 1. The van der Waals surface area contributed by atoms with Gasteiger partial charge in [-0.2, -0.15) is 0 Å². The molecule has 0 radical (unpaired) electrons. The average Bonchev–Trinajstić information content (AvgIpc) is 3.51. The molecule has 2 aromatic heterocycles. The number of hydrogen-bond donors (Lipinski definition) is 1. The van der Waals surface area contributed by atoms with Crippen LogP contribution in [0, 0.1) is 5.92 Å². The highest BCUT2D eigenvalue weighted by molar-refractivity contribution is 7.10. The van der Waals surface area contributed by atoms with Crippen molar-refractivity contribution in [2.24, 2.45) is 5.92 Å². The number of hydrogen-bond acceptors (Lipinski definition) is 4. The van der Waals surface area contributed by atoms with Crippen LogP contribution in [0.4, 0.5) is 10.5 Å². The van der Waals surface area contributed by atoms with E-state index in [1.54, 1.807) is 22.7 Å². The van der Waals surface area contributed by atoms with Crippen molar-refractivity contribution in [3.63, 3.8) is 0 Å². The maximum atomic E-state index is 13.4. The maximum Gasteiger partial charge on any atom is 0.321 e. The minimum atomic E-state index is -0.0924. The number of nitrogens with one attached hydrogen (secondary N) is 1. The van der Waals surface area contributed by atoms with Gasteiger partial charge >= 0.3 is 6.03 Å². The lowest BCUT2D eigenvalue weighted by molar-refractivity contribution is -0.137. The second-order valence-corrected chi connectivity index (χ2v) is 9.79. The van der Waals surface area contributed by atoms with E-state index in [1.807, 2.05) is 46.2 Å². The predicted octanol–water partition coefficient (Wildman–Crippen LogP) is 5.33. The number of para-hydroxylation sites is 1. The monoisotopic (exact) mass is 453 g/mol. The molecule has 0 bridgehead atoms. The van der Waals surface area contributed by atoms with Crippen LogP contribution in [0.5, 0.6) is 0 Å². The van der Waals surface area contributed by atoms with E-state index >= 15 is 0 Å². The van der Waals surface area contributed by atoms with Crippen molar-refractivity contribution in [3.05, 3.63) is 75.1 Å². The SMILES string of the molecule is O=C(Nc1ccccc1)N1CCC(C(=O)N(CCc2cccs2)Cc2cccs2)CC1. The van der Waals surface area contributed by atoms with Crippen molar-refractivity contribution in [2.45, 2.75) is 25.8 Å². The fraction of sp³-hybridized carbons (Fsp3) is 0.333. The molecule has 1 fully saturated rings. The lowest BCUT2D eigenvalue weighted by atomic mass is 9.95. The standard InChI is InChI=1S/C24H27N3O2S2/c28-23(27(18-22-9-5-17-31-22)15-12-21-8-4-16-30-21)19-10-13-26(14-11-19)24(29)25-20-6-2-1-3-7-20/h1-9,16-17,19H,10-15,18H2,(H,25,29). The van der Waals surface area contributed by atoms with Gasteiger partial charge in [0.1, 0.15) is 0 Å². The highest BCUT2D eigenvalue weighted by Gasteiger charge is 2.30. The summed E-state index contributed by atoms with van der Waals surface area (Å²) in [6.07, 6.45) is 2.30. The van der Waals surface area contributed by atoms with Crippen LogP contribution < -0.4 is 5.32 Å². The first kappa shape index (κ1) is 21.6. The second-order valence-electron chi connectivity index (χ2n) is 7.73. The summed E-state index contributed by atoms with van der Waals surface area (Å²) in [7, 11) is 0. The highest BCUT2D eigenvalue weighted by atomic mass is 32.1. The summed E-state index contributed by atoms with van der Waals surface area (Å²) in [5.74, 6) is 0.192. The topological polar surface area (TPSA) is 52.7 Å². The van der Waals surface area contributed by atoms with Gasteiger partial charge in [-0.15, -0.1) is 22.7 Å².